The first-order valence-electron chi connectivity index (χ1n) is 10.5. The van der Waals surface area contributed by atoms with Gasteiger partial charge in [0.1, 0.15) is 5.82 Å². The molecule has 0 atom stereocenters. The van der Waals surface area contributed by atoms with E-state index in [4.69, 9.17) is 9.97 Å². The third-order valence-electron chi connectivity index (χ3n) is 6.07. The Kier molecular flexibility index (Phi) is 5.33. The Balaban J connectivity index is 1.59. The zero-order chi connectivity index (χ0) is 19.7. The lowest BCUT2D eigenvalue weighted by molar-refractivity contribution is -0.138. The Morgan fingerprint density at radius 3 is 2.29 bits per heavy atom. The number of hydrogen-bond donors (Lipinski definition) is 0. The maximum Gasteiger partial charge on any atom is 0.225 e. The summed E-state index contributed by atoms with van der Waals surface area (Å²) in [5, 5.41) is 0. The zero-order valence-corrected chi connectivity index (χ0v) is 17.2. The second-order valence-corrected chi connectivity index (χ2v) is 8.33. The highest BCUT2D eigenvalue weighted by atomic mass is 16.2. The Labute approximate surface area is 167 Å². The minimum absolute atomic E-state index is 0.281. The highest BCUT2D eigenvalue weighted by Crippen LogP contribution is 2.32. The number of aromatic nitrogens is 2. The van der Waals surface area contributed by atoms with Gasteiger partial charge in [-0.2, -0.15) is 0 Å². The van der Waals surface area contributed by atoms with E-state index in [9.17, 15) is 4.79 Å². The molecule has 28 heavy (non-hydrogen) atoms. The summed E-state index contributed by atoms with van der Waals surface area (Å²) in [6, 6.07) is 10.2. The molecule has 2 fully saturated rings. The quantitative estimate of drug-likeness (QED) is 0.806. The summed E-state index contributed by atoms with van der Waals surface area (Å²) in [4.78, 5) is 26.8. The number of benzene rings is 1. The lowest BCUT2D eigenvalue weighted by Gasteiger charge is -2.39. The van der Waals surface area contributed by atoms with Crippen LogP contribution in [0, 0.1) is 12.8 Å². The van der Waals surface area contributed by atoms with E-state index in [1.54, 1.807) is 0 Å². The number of anilines is 1. The second kappa shape index (κ2) is 7.90. The van der Waals surface area contributed by atoms with Gasteiger partial charge in [0.15, 0.2) is 5.82 Å². The van der Waals surface area contributed by atoms with Crippen LogP contribution in [0.25, 0.3) is 11.4 Å². The molecule has 1 saturated heterocycles. The van der Waals surface area contributed by atoms with Crippen molar-refractivity contribution < 1.29 is 4.79 Å². The van der Waals surface area contributed by atoms with Gasteiger partial charge in [-0.15, -0.1) is 0 Å². The van der Waals surface area contributed by atoms with Crippen LogP contribution in [-0.2, 0) is 4.79 Å². The summed E-state index contributed by atoms with van der Waals surface area (Å²) in [6.45, 7) is 9.74. The van der Waals surface area contributed by atoms with E-state index in [-0.39, 0.29) is 5.92 Å². The van der Waals surface area contributed by atoms with Crippen LogP contribution < -0.4 is 4.90 Å². The molecular weight excluding hydrogens is 348 g/mol. The Bertz CT molecular complexity index is 837. The third-order valence-corrected chi connectivity index (χ3v) is 6.07. The molecular formula is C23H30N4O. The third kappa shape index (κ3) is 3.62. The maximum atomic E-state index is 12.6. The lowest BCUT2D eigenvalue weighted by Crippen LogP contribution is -2.51. The summed E-state index contributed by atoms with van der Waals surface area (Å²) in [7, 11) is 0. The number of nitrogens with zero attached hydrogens (tertiary/aromatic N) is 4. The van der Waals surface area contributed by atoms with Gasteiger partial charge in [0.2, 0.25) is 5.91 Å². The van der Waals surface area contributed by atoms with Gasteiger partial charge in [0.05, 0.1) is 0 Å². The van der Waals surface area contributed by atoms with Crippen molar-refractivity contribution in [1.29, 1.82) is 0 Å². The molecule has 1 aromatic heterocycles. The number of hydrogen-bond acceptors (Lipinski definition) is 4. The molecule has 2 aromatic rings. The van der Waals surface area contributed by atoms with Crippen molar-refractivity contribution in [2.75, 3.05) is 31.1 Å². The van der Waals surface area contributed by atoms with Gasteiger partial charge in [0.25, 0.3) is 0 Å². The van der Waals surface area contributed by atoms with Crippen LogP contribution in [0.3, 0.4) is 0 Å². The fraction of sp³-hybridized carbons (Fsp3) is 0.522. The molecule has 2 heterocycles. The van der Waals surface area contributed by atoms with Crippen LogP contribution in [0.2, 0.25) is 0 Å². The molecule has 5 heteroatoms. The first-order valence-corrected chi connectivity index (χ1v) is 10.5. The van der Waals surface area contributed by atoms with Crippen molar-refractivity contribution in [2.24, 2.45) is 5.92 Å². The van der Waals surface area contributed by atoms with Crippen molar-refractivity contribution >= 4 is 11.7 Å². The molecule has 1 aliphatic carbocycles. The largest absolute Gasteiger partial charge is 0.353 e. The van der Waals surface area contributed by atoms with Crippen molar-refractivity contribution in [3.05, 3.63) is 41.6 Å². The number of piperazine rings is 1. The molecule has 1 aromatic carbocycles. The molecule has 0 unspecified atom stereocenters. The average Bonchev–Trinajstić information content (AvgIpc) is 2.66. The molecule has 0 bridgehead atoms. The van der Waals surface area contributed by atoms with Crippen molar-refractivity contribution in [2.45, 2.75) is 46.0 Å². The van der Waals surface area contributed by atoms with Crippen molar-refractivity contribution in [1.82, 2.24) is 14.9 Å². The summed E-state index contributed by atoms with van der Waals surface area (Å²) in [5.41, 5.74) is 3.31. The second-order valence-electron chi connectivity index (χ2n) is 8.33. The van der Waals surface area contributed by atoms with Gasteiger partial charge in [0, 0.05) is 48.9 Å². The van der Waals surface area contributed by atoms with Crippen molar-refractivity contribution in [3.63, 3.8) is 0 Å². The molecule has 1 saturated carbocycles. The molecule has 148 valence electrons. The highest BCUT2D eigenvalue weighted by molar-refractivity contribution is 5.80. The Morgan fingerprint density at radius 1 is 1.04 bits per heavy atom. The van der Waals surface area contributed by atoms with Gasteiger partial charge in [-0.25, -0.2) is 9.97 Å². The smallest absolute Gasteiger partial charge is 0.225 e. The van der Waals surface area contributed by atoms with Gasteiger partial charge in [-0.05, 0) is 25.7 Å². The van der Waals surface area contributed by atoms with E-state index in [0.29, 0.717) is 11.8 Å². The molecule has 5 nitrogen and oxygen atoms in total. The number of carbonyl (C=O) groups is 1. The van der Waals surface area contributed by atoms with Crippen LogP contribution in [0.4, 0.5) is 5.82 Å². The monoisotopic (exact) mass is 378 g/mol. The summed E-state index contributed by atoms with van der Waals surface area (Å²) in [6.07, 6.45) is 3.35. The Morgan fingerprint density at radius 2 is 1.71 bits per heavy atom. The summed E-state index contributed by atoms with van der Waals surface area (Å²) < 4.78 is 0. The first kappa shape index (κ1) is 18.9. The fourth-order valence-electron chi connectivity index (χ4n) is 4.25. The normalized spacial score (nSPS) is 17.7. The Hall–Kier alpha value is -2.43. The van der Waals surface area contributed by atoms with E-state index >= 15 is 0 Å². The minimum atomic E-state index is 0.281. The van der Waals surface area contributed by atoms with E-state index in [1.165, 1.54) is 12.0 Å². The van der Waals surface area contributed by atoms with Crippen LogP contribution in [0.5, 0.6) is 0 Å². The van der Waals surface area contributed by atoms with Crippen LogP contribution in [0.1, 0.15) is 50.3 Å². The number of aryl methyl sites for hydroxylation is 1. The lowest BCUT2D eigenvalue weighted by atomic mass is 9.84. The van der Waals surface area contributed by atoms with E-state index in [0.717, 1.165) is 61.9 Å². The highest BCUT2D eigenvalue weighted by Gasteiger charge is 2.32. The zero-order valence-electron chi connectivity index (χ0n) is 17.2. The van der Waals surface area contributed by atoms with Gasteiger partial charge in [-0.1, -0.05) is 50.6 Å². The number of carbonyl (C=O) groups excluding carboxylic acids is 1. The maximum absolute atomic E-state index is 12.6. The van der Waals surface area contributed by atoms with Crippen LogP contribution in [-0.4, -0.2) is 47.0 Å². The minimum Gasteiger partial charge on any atom is -0.353 e. The molecule has 0 spiro atoms. The van der Waals surface area contributed by atoms with E-state index in [1.807, 2.05) is 18.2 Å². The van der Waals surface area contributed by atoms with Crippen LogP contribution >= 0.6 is 0 Å². The van der Waals surface area contributed by atoms with Gasteiger partial charge in [-0.3, -0.25) is 4.79 Å². The SMILES string of the molecule is Cc1nc(-c2ccccc2)nc(N2CCN(C(=O)C3CCC3)CC2)c1C(C)C. The average molecular weight is 379 g/mol. The first-order chi connectivity index (χ1) is 13.5. The summed E-state index contributed by atoms with van der Waals surface area (Å²) in [5.74, 6) is 2.82. The topological polar surface area (TPSA) is 49.3 Å². The molecule has 2 aliphatic rings. The molecule has 1 aliphatic heterocycles. The van der Waals surface area contributed by atoms with Gasteiger partial charge < -0.3 is 9.80 Å². The van der Waals surface area contributed by atoms with E-state index in [2.05, 4.69) is 42.7 Å². The van der Waals surface area contributed by atoms with E-state index < -0.39 is 0 Å². The molecule has 0 N–H and O–H groups in total. The predicted molar refractivity (Wildman–Crippen MR) is 112 cm³/mol. The van der Waals surface area contributed by atoms with Gasteiger partial charge >= 0.3 is 0 Å². The standard InChI is InChI=1S/C23H30N4O/c1-16(2)20-17(3)24-21(18-8-5-4-6-9-18)25-22(20)26-12-14-27(15-13-26)23(28)19-10-7-11-19/h4-6,8-9,16,19H,7,10-15H2,1-3H3. The number of rotatable bonds is 4. The predicted octanol–water partition coefficient (Wildman–Crippen LogP) is 4.02. The molecule has 0 radical (unpaired) electrons. The summed E-state index contributed by atoms with van der Waals surface area (Å²) >= 11 is 0. The molecule has 4 rings (SSSR count). The fourth-order valence-corrected chi connectivity index (χ4v) is 4.25. The van der Waals surface area contributed by atoms with Crippen molar-refractivity contribution in [3.8, 4) is 11.4 Å². The molecule has 1 amide bonds. The number of amides is 1. The van der Waals surface area contributed by atoms with Crippen LogP contribution in [0.15, 0.2) is 30.3 Å².